The van der Waals surface area contributed by atoms with Gasteiger partial charge in [0.2, 0.25) is 5.91 Å². The smallest absolute Gasteiger partial charge is 0.417 e. The first-order chi connectivity index (χ1) is 31.2. The Labute approximate surface area is 377 Å². The van der Waals surface area contributed by atoms with Gasteiger partial charge in [0.25, 0.3) is 0 Å². The summed E-state index contributed by atoms with van der Waals surface area (Å²) in [7, 11) is 1.54. The van der Waals surface area contributed by atoms with E-state index in [9.17, 15) is 10.1 Å². The van der Waals surface area contributed by atoms with E-state index < -0.39 is 29.2 Å². The zero-order valence-electron chi connectivity index (χ0n) is 36.7. The quantitative estimate of drug-likeness (QED) is 0.111. The van der Waals surface area contributed by atoms with Crippen LogP contribution in [0.4, 0.5) is 23.4 Å². The fourth-order valence-corrected chi connectivity index (χ4v) is 10.3. The number of hydrogen-bond acceptors (Lipinski definition) is 12. The van der Waals surface area contributed by atoms with Crippen LogP contribution < -0.4 is 19.7 Å². The molecule has 0 aliphatic carbocycles. The second-order valence-corrected chi connectivity index (χ2v) is 18.5. The second-order valence-electron chi connectivity index (χ2n) is 17.6. The Kier molecular flexibility index (Phi) is 12.1. The van der Waals surface area contributed by atoms with Crippen molar-refractivity contribution in [2.45, 2.75) is 96.4 Å². The van der Waals surface area contributed by atoms with Crippen molar-refractivity contribution in [2.75, 3.05) is 38.3 Å². The van der Waals surface area contributed by atoms with Crippen LogP contribution in [0.5, 0.6) is 11.8 Å². The molecule has 0 saturated carbocycles. The highest BCUT2D eigenvalue weighted by Crippen LogP contribution is 2.51. The van der Waals surface area contributed by atoms with E-state index in [1.54, 1.807) is 29.9 Å². The molecule has 4 unspecified atom stereocenters. The highest BCUT2D eigenvalue weighted by Gasteiger charge is 2.40. The number of thiophene rings is 1. The summed E-state index contributed by atoms with van der Waals surface area (Å²) in [6, 6.07) is 12.4. The van der Waals surface area contributed by atoms with Crippen molar-refractivity contribution in [2.24, 2.45) is 5.92 Å². The summed E-state index contributed by atoms with van der Waals surface area (Å²) in [4.78, 5) is 27.1. The van der Waals surface area contributed by atoms with Crippen molar-refractivity contribution in [3.8, 4) is 40.2 Å². The standard InChI is InChI=1S/C47H49F4N9O4S/c1-25(2)41(45(61)59-16-6-7-26(59)3)60-21-37(56-57-60)29-10-8-28(9-11-29)23-63-42-39(33-14-15-36(48)43-38(33)30(18-52)24-65-43)35(47(49,50)51)17-34-40(42)54-46(64-22-27(4)62-5)55-44(34)58-19-31-12-13-32(20-58)53-31/h8-11,14-15,17,21,24-27,31-32,41,53H,6-7,12-13,16,19-20,22-23H2,1-5H3/t26?,27-,31?,32?,41?/m0/s1. The molecule has 3 aliphatic heterocycles. The predicted octanol–water partition coefficient (Wildman–Crippen LogP) is 8.94. The number of carbonyl (C=O) groups excluding carboxylic acids is 1. The van der Waals surface area contributed by atoms with E-state index in [4.69, 9.17) is 24.2 Å². The number of aromatic nitrogens is 5. The summed E-state index contributed by atoms with van der Waals surface area (Å²) in [5, 5.41) is 24.1. The lowest BCUT2D eigenvalue weighted by molar-refractivity contribution is -0.137. The van der Waals surface area contributed by atoms with Crippen LogP contribution in [-0.2, 0) is 22.3 Å². The minimum atomic E-state index is -4.95. The van der Waals surface area contributed by atoms with Crippen LogP contribution in [0.1, 0.15) is 76.1 Å². The zero-order chi connectivity index (χ0) is 45.7. The van der Waals surface area contributed by atoms with E-state index in [1.165, 1.54) is 18.6 Å². The largest absolute Gasteiger partial charge is 0.486 e. The molecule has 5 atom stereocenters. The van der Waals surface area contributed by atoms with Crippen molar-refractivity contribution < 1.29 is 36.6 Å². The molecule has 2 bridgehead atoms. The predicted molar refractivity (Wildman–Crippen MR) is 238 cm³/mol. The van der Waals surface area contributed by atoms with E-state index in [-0.39, 0.29) is 99.0 Å². The lowest BCUT2D eigenvalue weighted by atomic mass is 9.92. The number of methoxy groups -OCH3 is 1. The molecule has 340 valence electrons. The van der Waals surface area contributed by atoms with Crippen LogP contribution in [0.25, 0.3) is 43.4 Å². The van der Waals surface area contributed by atoms with E-state index >= 15 is 17.6 Å². The van der Waals surface area contributed by atoms with Gasteiger partial charge in [-0.3, -0.25) is 4.79 Å². The fourth-order valence-electron chi connectivity index (χ4n) is 9.38. The molecule has 9 rings (SSSR count). The van der Waals surface area contributed by atoms with E-state index in [1.807, 2.05) is 41.8 Å². The Morgan fingerprint density at radius 2 is 1.80 bits per heavy atom. The molecule has 1 amide bonds. The van der Waals surface area contributed by atoms with Gasteiger partial charge in [-0.1, -0.05) is 49.4 Å². The molecule has 1 N–H and O–H groups in total. The third-order valence-electron chi connectivity index (χ3n) is 12.8. The third-order valence-corrected chi connectivity index (χ3v) is 13.8. The number of hydrogen-bond donors (Lipinski definition) is 1. The molecule has 3 saturated heterocycles. The van der Waals surface area contributed by atoms with Crippen molar-refractivity contribution in [1.82, 2.24) is 35.2 Å². The Bertz CT molecular complexity index is 2780. The Morgan fingerprint density at radius 3 is 2.46 bits per heavy atom. The number of amides is 1. The normalized spacial score (nSPS) is 19.6. The Balaban J connectivity index is 1.15. The summed E-state index contributed by atoms with van der Waals surface area (Å²) < 4.78 is 82.3. The number of piperazine rings is 1. The number of nitriles is 1. The highest BCUT2D eigenvalue weighted by molar-refractivity contribution is 7.17. The number of rotatable bonds is 13. The molecule has 6 aromatic rings. The number of carbonyl (C=O) groups is 1. The van der Waals surface area contributed by atoms with Crippen LogP contribution in [0, 0.1) is 23.1 Å². The van der Waals surface area contributed by atoms with Crippen LogP contribution in [-0.4, -0.2) is 93.3 Å². The van der Waals surface area contributed by atoms with E-state index in [2.05, 4.69) is 22.6 Å². The minimum absolute atomic E-state index is 0.0142. The maximum Gasteiger partial charge on any atom is 0.417 e. The van der Waals surface area contributed by atoms with Gasteiger partial charge in [-0.2, -0.15) is 28.4 Å². The lowest BCUT2D eigenvalue weighted by Gasteiger charge is -2.34. The summed E-state index contributed by atoms with van der Waals surface area (Å²) in [6.07, 6.45) is 0.217. The molecule has 0 radical (unpaired) electrons. The molecule has 3 aromatic heterocycles. The molecule has 3 aliphatic rings. The Hall–Kier alpha value is -5.90. The number of benzene rings is 3. The number of anilines is 1. The van der Waals surface area contributed by atoms with Crippen LogP contribution in [0.3, 0.4) is 0 Å². The van der Waals surface area contributed by atoms with Gasteiger partial charge >= 0.3 is 12.2 Å². The number of nitrogens with zero attached hydrogens (tertiary/aromatic N) is 8. The molecule has 65 heavy (non-hydrogen) atoms. The Morgan fingerprint density at radius 1 is 1.05 bits per heavy atom. The maximum atomic E-state index is 15.7. The van der Waals surface area contributed by atoms with Crippen molar-refractivity contribution in [3.63, 3.8) is 0 Å². The van der Waals surface area contributed by atoms with E-state index in [0.717, 1.165) is 49.2 Å². The van der Waals surface area contributed by atoms with Crippen molar-refractivity contribution in [1.29, 1.82) is 5.26 Å². The summed E-state index contributed by atoms with van der Waals surface area (Å²) in [5.74, 6) is -0.654. The van der Waals surface area contributed by atoms with Gasteiger partial charge in [-0.15, -0.1) is 16.4 Å². The molecule has 0 spiro atoms. The maximum absolute atomic E-state index is 15.7. The number of likely N-dealkylation sites (tertiary alicyclic amines) is 1. The first-order valence-electron chi connectivity index (χ1n) is 21.9. The van der Waals surface area contributed by atoms with Crippen molar-refractivity contribution >= 4 is 44.1 Å². The van der Waals surface area contributed by atoms with Crippen molar-refractivity contribution in [3.05, 3.63) is 76.5 Å². The van der Waals surface area contributed by atoms with E-state index in [0.29, 0.717) is 36.5 Å². The molecule has 13 nitrogen and oxygen atoms in total. The molecular weight excluding hydrogens is 863 g/mol. The number of ether oxygens (including phenoxy) is 3. The summed E-state index contributed by atoms with van der Waals surface area (Å²) in [6.45, 7) is 9.40. The number of halogens is 4. The third kappa shape index (κ3) is 8.57. The summed E-state index contributed by atoms with van der Waals surface area (Å²) in [5.41, 5.74) is 0.461. The highest BCUT2D eigenvalue weighted by atomic mass is 32.1. The van der Waals surface area contributed by atoms with Gasteiger partial charge in [0, 0.05) is 72.1 Å². The van der Waals surface area contributed by atoms with Gasteiger partial charge in [0.05, 0.1) is 28.1 Å². The number of nitrogens with one attached hydrogen (secondary N) is 1. The van der Waals surface area contributed by atoms with Gasteiger partial charge < -0.3 is 29.3 Å². The average Bonchev–Trinajstić information content (AvgIpc) is 4.12. The molecule has 3 fully saturated rings. The fraction of sp³-hybridized carbons (Fsp3) is 0.447. The average molecular weight is 912 g/mol. The molecular formula is C47H49F4N9O4S. The second kappa shape index (κ2) is 17.8. The van der Waals surface area contributed by atoms with Gasteiger partial charge in [-0.05, 0) is 68.7 Å². The lowest BCUT2D eigenvalue weighted by Crippen LogP contribution is -2.51. The number of fused-ring (bicyclic) bond motifs is 4. The zero-order valence-corrected chi connectivity index (χ0v) is 37.5. The molecule has 18 heteroatoms. The van der Waals surface area contributed by atoms with Gasteiger partial charge in [-0.25, -0.2) is 9.07 Å². The summed E-state index contributed by atoms with van der Waals surface area (Å²) >= 11 is 0.940. The van der Waals surface area contributed by atoms with Crippen LogP contribution in [0.2, 0.25) is 0 Å². The molecule has 6 heterocycles. The monoisotopic (exact) mass is 911 g/mol. The van der Waals surface area contributed by atoms with Gasteiger partial charge in [0.1, 0.15) is 48.2 Å². The minimum Gasteiger partial charge on any atom is -0.486 e. The van der Waals surface area contributed by atoms with Crippen LogP contribution in [0.15, 0.2) is 54.0 Å². The van der Waals surface area contributed by atoms with Gasteiger partial charge in [0.15, 0.2) is 5.75 Å². The number of alkyl halides is 3. The van der Waals surface area contributed by atoms with Crippen LogP contribution >= 0.6 is 11.3 Å². The molecule has 3 aromatic carbocycles. The topological polar surface area (TPSA) is 144 Å². The first kappa shape index (κ1) is 44.3. The SMILES string of the molecule is CO[C@@H](C)COc1nc(N2CC3CCC(C2)N3)c2cc(C(F)(F)F)c(-c3ccc(F)c4scc(C#N)c34)c(OCc3ccc(-c4cn(C(C(=O)N5CCCC5C)C(C)C)nn4)cc3)c2n1. The first-order valence-corrected chi connectivity index (χ1v) is 22.8.